The Kier molecular flexibility index (Phi) is 9.31. The molecule has 38 heavy (non-hydrogen) atoms. The topological polar surface area (TPSA) is 80.2 Å². The summed E-state index contributed by atoms with van der Waals surface area (Å²) in [6, 6.07) is 8.51. The molecule has 0 saturated heterocycles. The maximum Gasteiger partial charge on any atom is 0.416 e. The first-order valence-electron chi connectivity index (χ1n) is 13.3. The third-order valence-electron chi connectivity index (χ3n) is 7.38. The highest BCUT2D eigenvalue weighted by Gasteiger charge is 2.35. The lowest BCUT2D eigenvalue weighted by Gasteiger charge is -2.25. The third-order valence-corrected chi connectivity index (χ3v) is 7.38. The molecule has 0 aromatic heterocycles. The number of halogens is 3. The van der Waals surface area contributed by atoms with E-state index in [1.54, 1.807) is 19.2 Å². The van der Waals surface area contributed by atoms with Gasteiger partial charge in [-0.1, -0.05) is 42.6 Å². The van der Waals surface area contributed by atoms with Crippen LogP contribution in [0.25, 0.3) is 0 Å². The van der Waals surface area contributed by atoms with E-state index in [9.17, 15) is 18.0 Å². The van der Waals surface area contributed by atoms with E-state index in [1.165, 1.54) is 6.07 Å². The summed E-state index contributed by atoms with van der Waals surface area (Å²) in [6.45, 7) is 0.786. The highest BCUT2D eigenvalue weighted by molar-refractivity contribution is 6.02. The molecule has 2 N–H and O–H groups in total. The number of nitrogens with one attached hydrogen (secondary N) is 1. The van der Waals surface area contributed by atoms with Gasteiger partial charge in [-0.15, -0.1) is 0 Å². The number of methoxy groups -OCH3 is 1. The van der Waals surface area contributed by atoms with Gasteiger partial charge in [0.05, 0.1) is 24.8 Å². The zero-order valence-electron chi connectivity index (χ0n) is 21.7. The molecule has 0 amide bonds. The van der Waals surface area contributed by atoms with Gasteiger partial charge >= 0.3 is 12.1 Å². The van der Waals surface area contributed by atoms with Crippen LogP contribution in [0.4, 0.5) is 13.2 Å². The summed E-state index contributed by atoms with van der Waals surface area (Å²) in [5.41, 5.74) is 3.94. The van der Waals surface area contributed by atoms with Crippen molar-refractivity contribution in [3.05, 3.63) is 63.7 Å². The minimum atomic E-state index is -4.41. The molecule has 0 aliphatic heterocycles. The van der Waals surface area contributed by atoms with Crippen molar-refractivity contribution in [1.29, 1.82) is 0 Å². The average molecular weight is 533 g/mol. The summed E-state index contributed by atoms with van der Waals surface area (Å²) < 4.78 is 47.2. The number of carboxylic acid groups (broad SMARTS) is 1. The molecule has 2 aromatic rings. The Hall–Kier alpha value is -3.07. The normalized spacial score (nSPS) is 17.3. The van der Waals surface area contributed by atoms with Crippen LogP contribution < -0.4 is 10.1 Å². The summed E-state index contributed by atoms with van der Waals surface area (Å²) in [4.78, 5) is 16.3. The fourth-order valence-electron chi connectivity index (χ4n) is 5.47. The summed E-state index contributed by atoms with van der Waals surface area (Å²) in [5, 5.41) is 16.3. The highest BCUT2D eigenvalue weighted by Crippen LogP contribution is 2.41. The molecule has 0 heterocycles. The van der Waals surface area contributed by atoms with Crippen molar-refractivity contribution >= 4 is 11.7 Å². The van der Waals surface area contributed by atoms with E-state index in [4.69, 9.17) is 14.7 Å². The number of hydrogen-bond acceptors (Lipinski definition) is 5. The first kappa shape index (κ1) is 28.0. The van der Waals surface area contributed by atoms with Crippen LogP contribution in [0.5, 0.6) is 5.75 Å². The molecule has 0 atom stereocenters. The van der Waals surface area contributed by atoms with Crippen molar-refractivity contribution in [2.45, 2.75) is 83.0 Å². The number of oxime groups is 1. The second kappa shape index (κ2) is 12.7. The van der Waals surface area contributed by atoms with Gasteiger partial charge in [0.1, 0.15) is 12.4 Å². The van der Waals surface area contributed by atoms with Crippen LogP contribution in [0, 0.1) is 0 Å². The summed E-state index contributed by atoms with van der Waals surface area (Å²) in [5.74, 6) is -0.235. The fraction of sp³-hybridized carbons (Fsp3) is 0.517. The van der Waals surface area contributed by atoms with Gasteiger partial charge in [0.15, 0.2) is 0 Å². The molecule has 1 saturated carbocycles. The Bertz CT molecular complexity index is 1160. The molecule has 0 spiro atoms. The molecule has 2 aliphatic rings. The van der Waals surface area contributed by atoms with Gasteiger partial charge < -0.3 is 20.0 Å². The Morgan fingerprint density at radius 1 is 1.11 bits per heavy atom. The van der Waals surface area contributed by atoms with E-state index in [0.717, 1.165) is 67.3 Å². The maximum absolute atomic E-state index is 13.9. The quantitative estimate of drug-likeness (QED) is 0.267. The lowest BCUT2D eigenvalue weighted by molar-refractivity contribution is -0.139. The number of aryl methyl sites for hydroxylation is 1. The molecular formula is C29H35F3N2O4. The predicted molar refractivity (Wildman–Crippen MR) is 138 cm³/mol. The van der Waals surface area contributed by atoms with Crippen molar-refractivity contribution < 1.29 is 32.6 Å². The number of rotatable bonds is 10. The second-order valence-corrected chi connectivity index (χ2v) is 10.1. The van der Waals surface area contributed by atoms with Gasteiger partial charge in [-0.2, -0.15) is 13.2 Å². The largest absolute Gasteiger partial charge is 0.496 e. The Balaban J connectivity index is 1.47. The molecule has 2 aromatic carbocycles. The van der Waals surface area contributed by atoms with Crippen LogP contribution in [0.1, 0.15) is 90.7 Å². The maximum atomic E-state index is 13.9. The molecule has 0 unspecified atom stereocenters. The van der Waals surface area contributed by atoms with E-state index >= 15 is 0 Å². The Labute approximate surface area is 221 Å². The van der Waals surface area contributed by atoms with Crippen LogP contribution in [0.2, 0.25) is 0 Å². The fourth-order valence-corrected chi connectivity index (χ4v) is 5.47. The van der Waals surface area contributed by atoms with E-state index in [0.29, 0.717) is 36.4 Å². The second-order valence-electron chi connectivity index (χ2n) is 10.1. The van der Waals surface area contributed by atoms with Crippen LogP contribution in [-0.2, 0) is 35.4 Å². The molecular weight excluding hydrogens is 497 g/mol. The van der Waals surface area contributed by atoms with Crippen LogP contribution >= 0.6 is 0 Å². The summed E-state index contributed by atoms with van der Waals surface area (Å²) in [7, 11) is 1.58. The zero-order chi connectivity index (χ0) is 27.1. The Morgan fingerprint density at radius 3 is 2.61 bits per heavy atom. The van der Waals surface area contributed by atoms with Gasteiger partial charge in [0, 0.05) is 24.2 Å². The van der Waals surface area contributed by atoms with E-state index in [1.807, 2.05) is 12.1 Å². The summed E-state index contributed by atoms with van der Waals surface area (Å²) >= 11 is 0. The smallest absolute Gasteiger partial charge is 0.416 e. The molecule has 2 aliphatic carbocycles. The number of ether oxygens (including phenoxy) is 1. The lowest BCUT2D eigenvalue weighted by atomic mass is 9.81. The van der Waals surface area contributed by atoms with E-state index in [2.05, 4.69) is 10.5 Å². The molecule has 9 heteroatoms. The number of fused-ring (bicyclic) bond motifs is 1. The number of nitrogens with zero attached hydrogens (tertiary/aromatic N) is 1. The van der Waals surface area contributed by atoms with E-state index < -0.39 is 17.7 Å². The minimum Gasteiger partial charge on any atom is -0.496 e. The van der Waals surface area contributed by atoms with Crippen molar-refractivity contribution in [3.63, 3.8) is 0 Å². The molecule has 4 rings (SSSR count). The molecule has 0 bridgehead atoms. The van der Waals surface area contributed by atoms with Crippen molar-refractivity contribution in [2.24, 2.45) is 5.16 Å². The predicted octanol–water partition coefficient (Wildman–Crippen LogP) is 6.58. The third kappa shape index (κ3) is 7.07. The number of carboxylic acids is 1. The van der Waals surface area contributed by atoms with Gasteiger partial charge in [-0.05, 0) is 66.8 Å². The Morgan fingerprint density at radius 2 is 1.89 bits per heavy atom. The van der Waals surface area contributed by atoms with E-state index in [-0.39, 0.29) is 18.9 Å². The molecule has 1 fully saturated rings. The number of hydrogen-bond donors (Lipinski definition) is 2. The first-order chi connectivity index (χ1) is 18.3. The van der Waals surface area contributed by atoms with Crippen molar-refractivity contribution in [2.75, 3.05) is 13.7 Å². The number of carbonyl (C=O) groups is 1. The lowest BCUT2D eigenvalue weighted by Crippen LogP contribution is -2.19. The molecule has 0 radical (unpaired) electrons. The number of benzene rings is 2. The van der Waals surface area contributed by atoms with Gasteiger partial charge in [-0.3, -0.25) is 4.79 Å². The summed E-state index contributed by atoms with van der Waals surface area (Å²) in [6.07, 6.45) is 2.69. The van der Waals surface area contributed by atoms with Crippen LogP contribution in [0.15, 0.2) is 35.5 Å². The zero-order valence-corrected chi connectivity index (χ0v) is 21.7. The monoisotopic (exact) mass is 532 g/mol. The van der Waals surface area contributed by atoms with Crippen LogP contribution in [-0.4, -0.2) is 30.4 Å². The first-order valence-corrected chi connectivity index (χ1v) is 13.3. The number of alkyl halides is 3. The van der Waals surface area contributed by atoms with Gasteiger partial charge in [0.25, 0.3) is 0 Å². The van der Waals surface area contributed by atoms with Gasteiger partial charge in [0.2, 0.25) is 0 Å². The SMILES string of the molecule is COc1cc2c(cc1CNCCC(=O)O)CCC/C2=N/OCc1ccc(C2CCCCC2)c(C(F)(F)F)c1. The van der Waals surface area contributed by atoms with Gasteiger partial charge in [-0.25, -0.2) is 0 Å². The molecule has 6 nitrogen and oxygen atoms in total. The number of aliphatic carboxylic acids is 1. The van der Waals surface area contributed by atoms with Crippen molar-refractivity contribution in [1.82, 2.24) is 5.32 Å². The van der Waals surface area contributed by atoms with Crippen LogP contribution in [0.3, 0.4) is 0 Å². The molecule has 206 valence electrons. The average Bonchev–Trinajstić information content (AvgIpc) is 2.90. The van der Waals surface area contributed by atoms with Crippen molar-refractivity contribution in [3.8, 4) is 5.75 Å². The standard InChI is InChI=1S/C29H35F3N2O4/c1-37-27-16-24-21(15-22(27)17-33-13-12-28(35)36)8-5-9-26(24)34-38-18-19-10-11-23(20-6-3-2-4-7-20)25(14-19)29(30,31)32/h10-11,14-16,20,33H,2-9,12-13,17-18H2,1H3,(H,35,36)/b34-26-. The highest BCUT2D eigenvalue weighted by atomic mass is 19.4. The minimum absolute atomic E-state index is 0.0369.